The first-order valence-corrected chi connectivity index (χ1v) is 11.9. The third kappa shape index (κ3) is 4.75. The quantitative estimate of drug-likeness (QED) is 0.442. The van der Waals surface area contributed by atoms with Crippen molar-refractivity contribution in [1.82, 2.24) is 0 Å². The van der Waals surface area contributed by atoms with Gasteiger partial charge in [-0.1, -0.05) is 75.8 Å². The molecule has 1 heteroatoms. The van der Waals surface area contributed by atoms with Gasteiger partial charge in [0, 0.05) is 0 Å². The molecule has 0 aromatic heterocycles. The van der Waals surface area contributed by atoms with Crippen molar-refractivity contribution in [3.8, 4) is 17.2 Å². The van der Waals surface area contributed by atoms with Crippen LogP contribution >= 0.6 is 0 Å². The lowest BCUT2D eigenvalue weighted by molar-refractivity contribution is 0.199. The van der Waals surface area contributed by atoms with Gasteiger partial charge in [-0.05, 0) is 84.2 Å². The molecule has 0 saturated heterocycles. The monoisotopic (exact) mass is 385 g/mol. The van der Waals surface area contributed by atoms with Crippen molar-refractivity contribution in [2.75, 3.05) is 0 Å². The molecule has 2 aliphatic carbocycles. The van der Waals surface area contributed by atoms with Crippen molar-refractivity contribution in [3.05, 3.63) is 59.2 Å². The number of rotatable bonds is 7. The zero-order valence-electron chi connectivity index (χ0n) is 18.0. The van der Waals surface area contributed by atoms with Crippen molar-refractivity contribution in [2.45, 2.75) is 83.5 Å². The highest BCUT2D eigenvalue weighted by atomic mass is 14.4. The summed E-state index contributed by atoms with van der Waals surface area (Å²) in [5.74, 6) is 2.69. The van der Waals surface area contributed by atoms with Crippen LogP contribution in [0.2, 0.25) is 0 Å². The Bertz CT molecular complexity index is 842. The smallest absolute Gasteiger partial charge is 0.0991 e. The average molecular weight is 386 g/mol. The Labute approximate surface area is 177 Å². The SMILES string of the molecule is CCCCCCCC1CCC2c3ccc(-c4ccc(C#N)cc4)cc3CCC2C1. The predicted molar refractivity (Wildman–Crippen MR) is 122 cm³/mol. The molecule has 4 rings (SSSR count). The number of unbranched alkanes of at least 4 members (excludes halogenated alkanes) is 4. The van der Waals surface area contributed by atoms with Crippen LogP contribution in [0.25, 0.3) is 11.1 Å². The minimum atomic E-state index is 0.733. The highest BCUT2D eigenvalue weighted by Gasteiger charge is 2.34. The lowest BCUT2D eigenvalue weighted by Crippen LogP contribution is -2.28. The Hall–Kier alpha value is -2.07. The van der Waals surface area contributed by atoms with Crippen LogP contribution in [0.5, 0.6) is 0 Å². The Morgan fingerprint density at radius 1 is 0.897 bits per heavy atom. The van der Waals surface area contributed by atoms with Gasteiger partial charge in [0.05, 0.1) is 11.6 Å². The van der Waals surface area contributed by atoms with Crippen LogP contribution in [0.1, 0.15) is 93.7 Å². The third-order valence-electron chi connectivity index (χ3n) is 7.48. The molecule has 29 heavy (non-hydrogen) atoms. The van der Waals surface area contributed by atoms with E-state index >= 15 is 0 Å². The molecule has 2 aliphatic rings. The van der Waals surface area contributed by atoms with Crippen molar-refractivity contribution < 1.29 is 0 Å². The van der Waals surface area contributed by atoms with Crippen LogP contribution in [-0.2, 0) is 6.42 Å². The molecule has 152 valence electrons. The fraction of sp³-hybridized carbons (Fsp3) is 0.536. The molecule has 0 radical (unpaired) electrons. The molecule has 3 atom stereocenters. The standard InChI is InChI=1S/C28H35N/c1-2-3-4-5-6-7-21-10-16-27-25(18-21)13-14-26-19-24(15-17-28(26)27)23-11-8-22(20-29)9-12-23/h8-9,11-12,15,17,19,21,25,27H,2-7,10,13-14,16,18H2,1H3. The highest BCUT2D eigenvalue weighted by molar-refractivity contribution is 5.66. The molecule has 3 unspecified atom stereocenters. The fourth-order valence-corrected chi connectivity index (χ4v) is 5.83. The van der Waals surface area contributed by atoms with E-state index in [0.717, 1.165) is 23.3 Å². The van der Waals surface area contributed by atoms with E-state index in [1.54, 1.807) is 11.1 Å². The van der Waals surface area contributed by atoms with E-state index in [-0.39, 0.29) is 0 Å². The van der Waals surface area contributed by atoms with E-state index in [1.165, 1.54) is 81.8 Å². The molecule has 1 saturated carbocycles. The first-order valence-electron chi connectivity index (χ1n) is 11.9. The van der Waals surface area contributed by atoms with Gasteiger partial charge in [-0.3, -0.25) is 0 Å². The summed E-state index contributed by atoms with van der Waals surface area (Å²) in [5, 5.41) is 9.02. The Morgan fingerprint density at radius 3 is 2.48 bits per heavy atom. The van der Waals surface area contributed by atoms with Crippen LogP contribution < -0.4 is 0 Å². The van der Waals surface area contributed by atoms with Crippen LogP contribution in [0.3, 0.4) is 0 Å². The number of nitriles is 1. The summed E-state index contributed by atoms with van der Waals surface area (Å²) in [4.78, 5) is 0. The Morgan fingerprint density at radius 2 is 1.69 bits per heavy atom. The lowest BCUT2D eigenvalue weighted by atomic mass is 9.64. The summed E-state index contributed by atoms with van der Waals surface area (Å²) >= 11 is 0. The summed E-state index contributed by atoms with van der Waals surface area (Å²) in [6, 6.07) is 17.4. The van der Waals surface area contributed by atoms with E-state index in [4.69, 9.17) is 5.26 Å². The van der Waals surface area contributed by atoms with Gasteiger partial charge in [-0.15, -0.1) is 0 Å². The zero-order valence-corrected chi connectivity index (χ0v) is 18.0. The summed E-state index contributed by atoms with van der Waals surface area (Å²) in [5.41, 5.74) is 6.47. The van der Waals surface area contributed by atoms with Crippen molar-refractivity contribution in [2.24, 2.45) is 11.8 Å². The predicted octanol–water partition coefficient (Wildman–Crippen LogP) is 8.03. The zero-order chi connectivity index (χ0) is 20.1. The van der Waals surface area contributed by atoms with E-state index in [0.29, 0.717) is 0 Å². The Kier molecular flexibility index (Phi) is 6.70. The third-order valence-corrected chi connectivity index (χ3v) is 7.48. The molecule has 0 spiro atoms. The number of hydrogen-bond acceptors (Lipinski definition) is 1. The first kappa shape index (κ1) is 20.2. The summed E-state index contributed by atoms with van der Waals surface area (Å²) < 4.78 is 0. The molecular formula is C28H35N. The van der Waals surface area contributed by atoms with Gasteiger partial charge in [0.25, 0.3) is 0 Å². The maximum absolute atomic E-state index is 9.02. The van der Waals surface area contributed by atoms with Crippen molar-refractivity contribution in [3.63, 3.8) is 0 Å². The molecule has 0 heterocycles. The van der Waals surface area contributed by atoms with E-state index in [1.807, 2.05) is 12.1 Å². The van der Waals surface area contributed by atoms with Crippen LogP contribution in [0.15, 0.2) is 42.5 Å². The van der Waals surface area contributed by atoms with E-state index in [2.05, 4.69) is 43.3 Å². The molecule has 0 N–H and O–H groups in total. The number of nitrogens with zero attached hydrogens (tertiary/aromatic N) is 1. The normalized spacial score (nSPS) is 23.1. The minimum Gasteiger partial charge on any atom is -0.192 e. The lowest BCUT2D eigenvalue weighted by Gasteiger charge is -2.41. The van der Waals surface area contributed by atoms with Gasteiger partial charge in [-0.25, -0.2) is 0 Å². The van der Waals surface area contributed by atoms with Gasteiger partial charge < -0.3 is 0 Å². The summed E-state index contributed by atoms with van der Waals surface area (Å²) in [7, 11) is 0. The van der Waals surface area contributed by atoms with Gasteiger partial charge in [-0.2, -0.15) is 5.26 Å². The summed E-state index contributed by atoms with van der Waals surface area (Å²) in [6.45, 7) is 2.30. The molecule has 2 aromatic carbocycles. The minimum absolute atomic E-state index is 0.733. The Balaban J connectivity index is 1.39. The van der Waals surface area contributed by atoms with E-state index in [9.17, 15) is 0 Å². The fourth-order valence-electron chi connectivity index (χ4n) is 5.83. The van der Waals surface area contributed by atoms with Gasteiger partial charge in [0.15, 0.2) is 0 Å². The molecule has 2 aromatic rings. The topological polar surface area (TPSA) is 23.8 Å². The van der Waals surface area contributed by atoms with Crippen LogP contribution in [0.4, 0.5) is 0 Å². The van der Waals surface area contributed by atoms with Crippen LogP contribution in [0, 0.1) is 23.2 Å². The van der Waals surface area contributed by atoms with Crippen molar-refractivity contribution in [1.29, 1.82) is 5.26 Å². The maximum atomic E-state index is 9.02. The first-order chi connectivity index (χ1) is 14.3. The highest BCUT2D eigenvalue weighted by Crippen LogP contribution is 2.48. The molecule has 0 amide bonds. The average Bonchev–Trinajstić information content (AvgIpc) is 2.78. The number of benzene rings is 2. The van der Waals surface area contributed by atoms with Gasteiger partial charge in [0.2, 0.25) is 0 Å². The second-order valence-corrected chi connectivity index (χ2v) is 9.39. The number of hydrogen-bond donors (Lipinski definition) is 0. The molecule has 0 bridgehead atoms. The maximum Gasteiger partial charge on any atom is 0.0991 e. The summed E-state index contributed by atoms with van der Waals surface area (Å²) in [6.07, 6.45) is 15.5. The van der Waals surface area contributed by atoms with E-state index < -0.39 is 0 Å². The second-order valence-electron chi connectivity index (χ2n) is 9.39. The molecule has 1 nitrogen and oxygen atoms in total. The van der Waals surface area contributed by atoms with Crippen LogP contribution in [-0.4, -0.2) is 0 Å². The largest absolute Gasteiger partial charge is 0.192 e. The molecule has 0 aliphatic heterocycles. The second kappa shape index (κ2) is 9.62. The number of fused-ring (bicyclic) bond motifs is 3. The van der Waals surface area contributed by atoms with Crippen molar-refractivity contribution >= 4 is 0 Å². The van der Waals surface area contributed by atoms with Gasteiger partial charge >= 0.3 is 0 Å². The molecular weight excluding hydrogens is 350 g/mol. The molecule has 1 fully saturated rings. The number of aryl methyl sites for hydroxylation is 1. The van der Waals surface area contributed by atoms with Gasteiger partial charge in [0.1, 0.15) is 0 Å².